The van der Waals surface area contributed by atoms with Crippen molar-refractivity contribution in [3.05, 3.63) is 68.9 Å². The van der Waals surface area contributed by atoms with E-state index in [1.54, 1.807) is 40.5 Å². The number of carbonyl (C=O) groups is 2. The van der Waals surface area contributed by atoms with Crippen molar-refractivity contribution < 1.29 is 28.5 Å². The fraction of sp³-hybridized carbons (Fsp3) is 0.444. The summed E-state index contributed by atoms with van der Waals surface area (Å²) in [5, 5.41) is 8.91. The number of halogens is 2. The quantitative estimate of drug-likeness (QED) is 0.152. The summed E-state index contributed by atoms with van der Waals surface area (Å²) >= 11 is 7.00. The van der Waals surface area contributed by atoms with Crippen LogP contribution in [0.4, 0.5) is 11.4 Å². The Kier molecular flexibility index (Phi) is 12.6. The first-order valence-electron chi connectivity index (χ1n) is 16.3. The molecule has 0 saturated heterocycles. The Balaban J connectivity index is 0.000000188. The van der Waals surface area contributed by atoms with Crippen LogP contribution in [0.25, 0.3) is 21.8 Å². The van der Waals surface area contributed by atoms with E-state index in [0.29, 0.717) is 24.3 Å². The van der Waals surface area contributed by atoms with E-state index < -0.39 is 0 Å². The molecule has 0 bridgehead atoms. The van der Waals surface area contributed by atoms with Crippen molar-refractivity contribution in [3.8, 4) is 0 Å². The highest BCUT2D eigenvalue weighted by Gasteiger charge is 2.28. The summed E-state index contributed by atoms with van der Waals surface area (Å²) in [6, 6.07) is 12.3. The zero-order valence-electron chi connectivity index (χ0n) is 27.7. The highest BCUT2D eigenvalue weighted by atomic mass is 79.9. The Labute approximate surface area is 297 Å². The minimum Gasteiger partial charge on any atom is -0.462 e. The Bertz CT molecular complexity index is 1630. The minimum absolute atomic E-state index is 0.271. The van der Waals surface area contributed by atoms with Crippen LogP contribution < -0.4 is 10.6 Å². The van der Waals surface area contributed by atoms with Crippen LogP contribution in [0.3, 0.4) is 0 Å². The molecule has 2 heterocycles. The molecule has 48 heavy (non-hydrogen) atoms. The number of hydrogen-bond donors (Lipinski definition) is 2. The number of carbonyl (C=O) groups excluding carboxylic acids is 2. The van der Waals surface area contributed by atoms with Crippen molar-refractivity contribution in [1.82, 2.24) is 9.97 Å². The van der Waals surface area contributed by atoms with Crippen LogP contribution in [-0.4, -0.2) is 73.6 Å². The number of methoxy groups -OCH3 is 2. The molecule has 0 radical (unpaired) electrons. The van der Waals surface area contributed by atoms with Crippen LogP contribution in [-0.2, 0) is 18.9 Å². The average Bonchev–Trinajstić information content (AvgIpc) is 3.75. The lowest BCUT2D eigenvalue weighted by molar-refractivity contribution is 0.0517. The van der Waals surface area contributed by atoms with E-state index in [0.717, 1.165) is 80.7 Å². The summed E-state index contributed by atoms with van der Waals surface area (Å²) in [5.41, 5.74) is 4.22. The van der Waals surface area contributed by atoms with Gasteiger partial charge in [0.05, 0.1) is 47.8 Å². The van der Waals surface area contributed by atoms with Gasteiger partial charge < -0.3 is 29.6 Å². The van der Waals surface area contributed by atoms with E-state index in [4.69, 9.17) is 18.9 Å². The predicted octanol–water partition coefficient (Wildman–Crippen LogP) is 8.31. The van der Waals surface area contributed by atoms with Gasteiger partial charge in [0.25, 0.3) is 0 Å². The monoisotopic (exact) mass is 784 g/mol. The number of nitrogens with zero attached hydrogens (tertiary/aromatic N) is 2. The second-order valence-corrected chi connectivity index (χ2v) is 13.7. The molecular weight excluding hydrogens is 744 g/mol. The number of fused-ring (bicyclic) bond motifs is 2. The molecule has 0 aliphatic heterocycles. The van der Waals surface area contributed by atoms with E-state index >= 15 is 0 Å². The normalized spacial score (nSPS) is 20.3. The maximum atomic E-state index is 12.3. The molecule has 10 nitrogen and oxygen atoms in total. The highest BCUT2D eigenvalue weighted by molar-refractivity contribution is 9.10. The Morgan fingerprint density at radius 2 is 1.12 bits per heavy atom. The van der Waals surface area contributed by atoms with Gasteiger partial charge in [0.15, 0.2) is 0 Å². The van der Waals surface area contributed by atoms with E-state index in [9.17, 15) is 9.59 Å². The van der Waals surface area contributed by atoms with Crippen LogP contribution in [0.5, 0.6) is 0 Å². The molecular formula is C36H42Br2N4O6. The maximum Gasteiger partial charge on any atom is 0.341 e. The number of esters is 2. The van der Waals surface area contributed by atoms with Crippen LogP contribution in [0, 0.1) is 0 Å². The smallest absolute Gasteiger partial charge is 0.341 e. The SMILES string of the molecule is CCOC(=O)c1cnc2ccc(Br)cc2c1N[C@@H]1CC[C@@H](OC)C1.CCOC(=O)c1cnc2ccc(Br)cc2c1N[C@H]1CC[C@H](OC)C1. The van der Waals surface area contributed by atoms with Crippen LogP contribution in [0.15, 0.2) is 57.7 Å². The van der Waals surface area contributed by atoms with Gasteiger partial charge in [-0.3, -0.25) is 9.97 Å². The van der Waals surface area contributed by atoms with Crippen molar-refractivity contribution >= 4 is 77.0 Å². The molecule has 2 aliphatic rings. The largest absolute Gasteiger partial charge is 0.462 e. The molecule has 0 unspecified atom stereocenters. The van der Waals surface area contributed by atoms with Crippen LogP contribution in [0.2, 0.25) is 0 Å². The molecule has 4 atom stereocenters. The summed E-state index contributed by atoms with van der Waals surface area (Å²) in [6.07, 6.45) is 9.66. The van der Waals surface area contributed by atoms with Crippen molar-refractivity contribution in [1.29, 1.82) is 0 Å². The fourth-order valence-corrected chi connectivity index (χ4v) is 7.07. The first-order valence-corrected chi connectivity index (χ1v) is 17.9. The maximum absolute atomic E-state index is 12.3. The van der Waals surface area contributed by atoms with E-state index in [-0.39, 0.29) is 36.2 Å². The average molecular weight is 787 g/mol. The molecule has 2 aromatic heterocycles. The molecule has 0 spiro atoms. The molecule has 256 valence electrons. The lowest BCUT2D eigenvalue weighted by Gasteiger charge is -2.19. The summed E-state index contributed by atoms with van der Waals surface area (Å²) in [4.78, 5) is 33.5. The molecule has 0 amide bonds. The third-order valence-electron chi connectivity index (χ3n) is 8.78. The van der Waals surface area contributed by atoms with Gasteiger partial charge >= 0.3 is 11.9 Å². The third-order valence-corrected chi connectivity index (χ3v) is 9.77. The Morgan fingerprint density at radius 1 is 0.708 bits per heavy atom. The predicted molar refractivity (Wildman–Crippen MR) is 195 cm³/mol. The Morgan fingerprint density at radius 3 is 1.48 bits per heavy atom. The van der Waals surface area contributed by atoms with Crippen LogP contribution in [0.1, 0.15) is 73.1 Å². The van der Waals surface area contributed by atoms with Crippen molar-refractivity contribution in [3.63, 3.8) is 0 Å². The van der Waals surface area contributed by atoms with Gasteiger partial charge in [-0.1, -0.05) is 31.9 Å². The third kappa shape index (κ3) is 8.63. The number of ether oxygens (including phenoxy) is 4. The number of rotatable bonds is 10. The molecule has 4 aromatic rings. The second-order valence-electron chi connectivity index (χ2n) is 11.9. The minimum atomic E-state index is -0.351. The first kappa shape index (κ1) is 36.0. The summed E-state index contributed by atoms with van der Waals surface area (Å²) < 4.78 is 23.2. The second kappa shape index (κ2) is 16.9. The summed E-state index contributed by atoms with van der Waals surface area (Å²) in [5.74, 6) is -0.702. The van der Waals surface area contributed by atoms with Crippen molar-refractivity contribution in [2.45, 2.75) is 76.7 Å². The van der Waals surface area contributed by atoms with E-state index in [2.05, 4.69) is 52.5 Å². The fourth-order valence-electron chi connectivity index (χ4n) is 6.35. The molecule has 2 aliphatic carbocycles. The van der Waals surface area contributed by atoms with Gasteiger partial charge in [-0.25, -0.2) is 9.59 Å². The molecule has 2 saturated carbocycles. The van der Waals surface area contributed by atoms with Gasteiger partial charge in [-0.2, -0.15) is 0 Å². The lowest BCUT2D eigenvalue weighted by atomic mass is 10.1. The summed E-state index contributed by atoms with van der Waals surface area (Å²) in [6.45, 7) is 4.28. The van der Waals surface area contributed by atoms with Crippen molar-refractivity contribution in [2.75, 3.05) is 38.1 Å². The van der Waals surface area contributed by atoms with E-state index in [1.165, 1.54) is 0 Å². The first-order chi connectivity index (χ1) is 23.2. The topological polar surface area (TPSA) is 121 Å². The molecule has 2 fully saturated rings. The van der Waals surface area contributed by atoms with Gasteiger partial charge in [-0.05, 0) is 88.8 Å². The highest BCUT2D eigenvalue weighted by Crippen LogP contribution is 2.34. The van der Waals surface area contributed by atoms with Crippen molar-refractivity contribution in [2.24, 2.45) is 0 Å². The van der Waals surface area contributed by atoms with Crippen LogP contribution >= 0.6 is 31.9 Å². The Hall–Kier alpha value is -3.32. The van der Waals surface area contributed by atoms with Gasteiger partial charge in [-0.15, -0.1) is 0 Å². The van der Waals surface area contributed by atoms with Gasteiger partial charge in [0.1, 0.15) is 11.1 Å². The summed E-state index contributed by atoms with van der Waals surface area (Å²) in [7, 11) is 3.49. The zero-order chi connectivity index (χ0) is 34.2. The number of anilines is 2. The lowest BCUT2D eigenvalue weighted by Crippen LogP contribution is -2.20. The number of hydrogen-bond acceptors (Lipinski definition) is 10. The number of aromatic nitrogens is 2. The number of benzene rings is 2. The zero-order valence-corrected chi connectivity index (χ0v) is 30.9. The molecule has 6 rings (SSSR count). The van der Waals surface area contributed by atoms with E-state index in [1.807, 2.05) is 36.4 Å². The molecule has 2 N–H and O–H groups in total. The number of pyridine rings is 2. The molecule has 12 heteroatoms. The molecule has 2 aromatic carbocycles. The number of nitrogens with one attached hydrogen (secondary N) is 2. The van der Waals surface area contributed by atoms with Gasteiger partial charge in [0, 0.05) is 58.4 Å². The van der Waals surface area contributed by atoms with Gasteiger partial charge in [0.2, 0.25) is 0 Å². The standard InChI is InChI=1S/2C18H21BrN2O3/c2*1-3-24-18(22)15-10-20-16-7-4-11(19)8-14(16)17(15)21-12-5-6-13(9-12)23-2/h2*4,7-8,10,12-13H,3,5-6,9H2,1-2H3,(H,20,21)/t2*12-,13-/m10/s1.